The third kappa shape index (κ3) is 6.12. The van der Waals surface area contributed by atoms with Crippen LogP contribution in [-0.2, 0) is 32.5 Å². The van der Waals surface area contributed by atoms with Gasteiger partial charge in [0.15, 0.2) is 0 Å². The summed E-state index contributed by atoms with van der Waals surface area (Å²) in [5.41, 5.74) is -0.0143. The summed E-state index contributed by atoms with van der Waals surface area (Å²) in [6.45, 7) is 3.14. The van der Waals surface area contributed by atoms with Crippen LogP contribution in [0.25, 0.3) is 0 Å². The maximum atomic E-state index is 13.3. The standard InChI is InChI=1S/C24H31FN4O5/c1-27-20(8-9-26-27)4-7-22(30)29-12-15-34-24(17-29,16-23(31)28-10-13-32-14-11-28)18-33-21-5-2-19(25)3-6-21/h2-3,5-6,8-9H,4,7,10-18H2,1H3/t24-/m0/s1. The summed E-state index contributed by atoms with van der Waals surface area (Å²) in [5.74, 6) is 0.0520. The molecule has 0 spiro atoms. The van der Waals surface area contributed by atoms with Crippen molar-refractivity contribution in [3.05, 3.63) is 48.0 Å². The average molecular weight is 475 g/mol. The van der Waals surface area contributed by atoms with Crippen LogP contribution < -0.4 is 4.74 Å². The predicted octanol–water partition coefficient (Wildman–Crippen LogP) is 1.42. The molecule has 2 aliphatic rings. The Morgan fingerprint density at radius 3 is 2.50 bits per heavy atom. The number of ether oxygens (including phenoxy) is 3. The highest BCUT2D eigenvalue weighted by atomic mass is 19.1. The van der Waals surface area contributed by atoms with Crippen LogP contribution in [0.2, 0.25) is 0 Å². The van der Waals surface area contributed by atoms with Gasteiger partial charge in [0, 0.05) is 45.0 Å². The Hall–Kier alpha value is -2.98. The van der Waals surface area contributed by atoms with Crippen LogP contribution in [0.3, 0.4) is 0 Å². The fourth-order valence-electron chi connectivity index (χ4n) is 4.29. The minimum Gasteiger partial charge on any atom is -0.490 e. The monoisotopic (exact) mass is 474 g/mol. The Labute approximate surface area is 198 Å². The summed E-state index contributed by atoms with van der Waals surface area (Å²) in [7, 11) is 1.85. The molecule has 0 saturated carbocycles. The van der Waals surface area contributed by atoms with Gasteiger partial charge in [0.1, 0.15) is 23.8 Å². The van der Waals surface area contributed by atoms with E-state index >= 15 is 0 Å². The van der Waals surface area contributed by atoms with Crippen molar-refractivity contribution in [3.63, 3.8) is 0 Å². The molecule has 10 heteroatoms. The van der Waals surface area contributed by atoms with Crippen molar-refractivity contribution in [1.29, 1.82) is 0 Å². The third-order valence-corrected chi connectivity index (χ3v) is 6.27. The highest BCUT2D eigenvalue weighted by Crippen LogP contribution is 2.26. The summed E-state index contributed by atoms with van der Waals surface area (Å²) in [4.78, 5) is 29.6. The van der Waals surface area contributed by atoms with Gasteiger partial charge in [-0.3, -0.25) is 14.3 Å². The molecule has 0 aliphatic carbocycles. The lowest BCUT2D eigenvalue weighted by molar-refractivity contribution is -0.167. The van der Waals surface area contributed by atoms with Crippen LogP contribution >= 0.6 is 0 Å². The Bertz CT molecular complexity index is 976. The van der Waals surface area contributed by atoms with Crippen molar-refractivity contribution in [2.75, 3.05) is 52.6 Å². The lowest BCUT2D eigenvalue weighted by atomic mass is 9.96. The summed E-state index contributed by atoms with van der Waals surface area (Å²) < 4.78 is 32.5. The zero-order valence-electron chi connectivity index (χ0n) is 19.5. The number of morpholine rings is 2. The Balaban J connectivity index is 1.44. The molecule has 0 N–H and O–H groups in total. The molecule has 2 fully saturated rings. The van der Waals surface area contributed by atoms with E-state index in [0.29, 0.717) is 58.0 Å². The van der Waals surface area contributed by atoms with E-state index in [1.54, 1.807) is 20.7 Å². The molecule has 3 heterocycles. The van der Waals surface area contributed by atoms with E-state index < -0.39 is 5.60 Å². The fourth-order valence-corrected chi connectivity index (χ4v) is 4.29. The molecule has 2 saturated heterocycles. The predicted molar refractivity (Wildman–Crippen MR) is 121 cm³/mol. The van der Waals surface area contributed by atoms with Gasteiger partial charge in [0.25, 0.3) is 0 Å². The number of hydrogen-bond donors (Lipinski definition) is 0. The highest BCUT2D eigenvalue weighted by molar-refractivity contribution is 5.79. The number of amides is 2. The summed E-state index contributed by atoms with van der Waals surface area (Å²) in [6, 6.07) is 7.60. The van der Waals surface area contributed by atoms with Crippen LogP contribution in [0.5, 0.6) is 5.75 Å². The topological polar surface area (TPSA) is 86.1 Å². The molecule has 184 valence electrons. The summed E-state index contributed by atoms with van der Waals surface area (Å²) in [6.07, 6.45) is 2.72. The van der Waals surface area contributed by atoms with Crippen LogP contribution in [0, 0.1) is 5.82 Å². The van der Waals surface area contributed by atoms with E-state index in [-0.39, 0.29) is 37.2 Å². The van der Waals surface area contributed by atoms with Gasteiger partial charge in [-0.25, -0.2) is 4.39 Å². The molecule has 34 heavy (non-hydrogen) atoms. The minimum absolute atomic E-state index is 0.00511. The number of aryl methyl sites for hydroxylation is 2. The molecule has 2 aliphatic heterocycles. The van der Waals surface area contributed by atoms with Crippen molar-refractivity contribution in [1.82, 2.24) is 19.6 Å². The average Bonchev–Trinajstić information content (AvgIpc) is 3.27. The van der Waals surface area contributed by atoms with Crippen LogP contribution in [-0.4, -0.2) is 89.6 Å². The van der Waals surface area contributed by atoms with E-state index in [1.165, 1.54) is 24.3 Å². The van der Waals surface area contributed by atoms with E-state index in [2.05, 4.69) is 5.10 Å². The minimum atomic E-state index is -0.996. The zero-order chi connectivity index (χ0) is 24.0. The summed E-state index contributed by atoms with van der Waals surface area (Å²) >= 11 is 0. The number of nitrogens with zero attached hydrogens (tertiary/aromatic N) is 4. The van der Waals surface area contributed by atoms with Gasteiger partial charge in [-0.05, 0) is 36.8 Å². The lowest BCUT2D eigenvalue weighted by Crippen LogP contribution is -2.58. The van der Waals surface area contributed by atoms with E-state index in [1.807, 2.05) is 13.1 Å². The first kappa shape index (κ1) is 24.2. The van der Waals surface area contributed by atoms with Gasteiger partial charge in [0.2, 0.25) is 11.8 Å². The van der Waals surface area contributed by atoms with Crippen molar-refractivity contribution in [2.24, 2.45) is 7.05 Å². The van der Waals surface area contributed by atoms with Crippen molar-refractivity contribution >= 4 is 11.8 Å². The molecule has 2 aromatic rings. The number of halogens is 1. The van der Waals surface area contributed by atoms with Gasteiger partial charge >= 0.3 is 0 Å². The van der Waals surface area contributed by atoms with Gasteiger partial charge in [-0.15, -0.1) is 0 Å². The Morgan fingerprint density at radius 1 is 1.06 bits per heavy atom. The van der Waals surface area contributed by atoms with Crippen molar-refractivity contribution in [3.8, 4) is 5.75 Å². The number of rotatable bonds is 8. The second kappa shape index (κ2) is 11.0. The number of carbonyl (C=O) groups excluding carboxylic acids is 2. The van der Waals surface area contributed by atoms with E-state index in [9.17, 15) is 14.0 Å². The number of aromatic nitrogens is 2. The number of hydrogen-bond acceptors (Lipinski definition) is 6. The summed E-state index contributed by atoms with van der Waals surface area (Å²) in [5, 5.41) is 4.15. The normalized spacial score (nSPS) is 20.9. The first-order valence-electron chi connectivity index (χ1n) is 11.6. The number of benzene rings is 1. The maximum Gasteiger partial charge on any atom is 0.225 e. The quantitative estimate of drug-likeness (QED) is 0.575. The maximum absolute atomic E-state index is 13.3. The Morgan fingerprint density at radius 2 is 1.79 bits per heavy atom. The molecule has 2 amide bonds. The SMILES string of the molecule is Cn1nccc1CCC(=O)N1CCO[C@@](COc2ccc(F)cc2)(CC(=O)N2CCOCC2)C1. The fraction of sp³-hybridized carbons (Fsp3) is 0.542. The van der Waals surface area contributed by atoms with E-state index in [4.69, 9.17) is 14.2 Å². The number of carbonyl (C=O) groups is 2. The highest BCUT2D eigenvalue weighted by Gasteiger charge is 2.42. The van der Waals surface area contributed by atoms with Gasteiger partial charge in [-0.2, -0.15) is 5.10 Å². The Kier molecular flexibility index (Phi) is 7.79. The van der Waals surface area contributed by atoms with Gasteiger partial charge < -0.3 is 24.0 Å². The molecular formula is C24H31FN4O5. The molecular weight excluding hydrogens is 443 g/mol. The molecule has 0 bridgehead atoms. The molecule has 0 unspecified atom stereocenters. The van der Waals surface area contributed by atoms with Crippen LogP contribution in [0.1, 0.15) is 18.5 Å². The van der Waals surface area contributed by atoms with Gasteiger partial charge in [-0.1, -0.05) is 0 Å². The zero-order valence-corrected chi connectivity index (χ0v) is 19.5. The second-order valence-electron chi connectivity index (χ2n) is 8.71. The second-order valence-corrected chi connectivity index (χ2v) is 8.71. The molecule has 1 aromatic carbocycles. The van der Waals surface area contributed by atoms with Crippen molar-refractivity contribution < 1.29 is 28.2 Å². The molecule has 9 nitrogen and oxygen atoms in total. The smallest absolute Gasteiger partial charge is 0.225 e. The third-order valence-electron chi connectivity index (χ3n) is 6.27. The van der Waals surface area contributed by atoms with Crippen LogP contribution in [0.15, 0.2) is 36.5 Å². The molecule has 1 aromatic heterocycles. The van der Waals surface area contributed by atoms with E-state index in [0.717, 1.165) is 5.69 Å². The van der Waals surface area contributed by atoms with Crippen LogP contribution in [0.4, 0.5) is 4.39 Å². The van der Waals surface area contributed by atoms with Gasteiger partial charge in [0.05, 0.1) is 32.8 Å². The first-order valence-corrected chi connectivity index (χ1v) is 11.6. The first-order chi connectivity index (χ1) is 16.4. The molecule has 1 atom stereocenters. The molecule has 0 radical (unpaired) electrons. The largest absolute Gasteiger partial charge is 0.490 e. The molecule has 4 rings (SSSR count). The lowest BCUT2D eigenvalue weighted by Gasteiger charge is -2.43. The van der Waals surface area contributed by atoms with Crippen molar-refractivity contribution in [2.45, 2.75) is 24.9 Å².